The van der Waals surface area contributed by atoms with Crippen molar-refractivity contribution in [1.82, 2.24) is 10.5 Å². The van der Waals surface area contributed by atoms with E-state index in [-0.39, 0.29) is 0 Å². The van der Waals surface area contributed by atoms with Gasteiger partial charge in [0.25, 0.3) is 0 Å². The second kappa shape index (κ2) is 9.04. The third-order valence-corrected chi connectivity index (χ3v) is 5.08. The zero-order valence-electron chi connectivity index (χ0n) is 15.5. The fraction of sp³-hybridized carbons (Fsp3) is 0.571. The van der Waals surface area contributed by atoms with Gasteiger partial charge in [-0.05, 0) is 32.3 Å². The van der Waals surface area contributed by atoms with E-state index in [1.807, 2.05) is 25.1 Å². The smallest absolute Gasteiger partial charge is 0.134 e. The van der Waals surface area contributed by atoms with Crippen LogP contribution >= 0.6 is 0 Å². The predicted octanol–water partition coefficient (Wildman–Crippen LogP) is 5.01. The van der Waals surface area contributed by atoms with Crippen molar-refractivity contribution in [2.75, 3.05) is 0 Å². The van der Waals surface area contributed by atoms with Gasteiger partial charge in [-0.1, -0.05) is 55.5 Å². The highest BCUT2D eigenvalue weighted by Crippen LogP contribution is 2.27. The minimum atomic E-state index is 0.436. The van der Waals surface area contributed by atoms with Crippen molar-refractivity contribution in [1.29, 1.82) is 0 Å². The zero-order valence-corrected chi connectivity index (χ0v) is 15.5. The lowest BCUT2D eigenvalue weighted by molar-refractivity contribution is 0.282. The van der Waals surface area contributed by atoms with Crippen LogP contribution in [0.1, 0.15) is 62.5 Å². The third-order valence-electron chi connectivity index (χ3n) is 5.08. The van der Waals surface area contributed by atoms with Gasteiger partial charge in [-0.3, -0.25) is 0 Å². The first kappa shape index (κ1) is 18.0. The summed E-state index contributed by atoms with van der Waals surface area (Å²) in [6.07, 6.45) is 8.34. The Labute approximate surface area is 150 Å². The second-order valence-corrected chi connectivity index (χ2v) is 7.35. The summed E-state index contributed by atoms with van der Waals surface area (Å²) in [5, 5.41) is 7.66. The monoisotopic (exact) mass is 342 g/mol. The van der Waals surface area contributed by atoms with E-state index in [4.69, 9.17) is 9.26 Å². The minimum Gasteiger partial charge on any atom is -0.487 e. The fourth-order valence-electron chi connectivity index (χ4n) is 3.72. The molecule has 1 aliphatic carbocycles. The van der Waals surface area contributed by atoms with Crippen LogP contribution in [0.5, 0.6) is 5.75 Å². The normalized spacial score (nSPS) is 16.7. The number of nitrogens with zero attached hydrogens (tertiary/aromatic N) is 1. The van der Waals surface area contributed by atoms with Crippen LogP contribution in [0.15, 0.2) is 34.9 Å². The van der Waals surface area contributed by atoms with Crippen LogP contribution < -0.4 is 10.1 Å². The Balaban J connectivity index is 1.49. The van der Waals surface area contributed by atoms with E-state index in [0.29, 0.717) is 12.6 Å². The molecule has 4 heteroatoms. The fourth-order valence-corrected chi connectivity index (χ4v) is 3.72. The van der Waals surface area contributed by atoms with Crippen LogP contribution in [0.3, 0.4) is 0 Å². The van der Waals surface area contributed by atoms with E-state index in [9.17, 15) is 0 Å². The molecule has 1 fully saturated rings. The van der Waals surface area contributed by atoms with E-state index < -0.39 is 0 Å². The zero-order chi connectivity index (χ0) is 17.5. The minimum absolute atomic E-state index is 0.436. The summed E-state index contributed by atoms with van der Waals surface area (Å²) < 4.78 is 11.0. The Hall–Kier alpha value is -1.81. The molecule has 0 spiro atoms. The molecule has 2 aromatic rings. The van der Waals surface area contributed by atoms with Gasteiger partial charge in [-0.25, -0.2) is 0 Å². The molecule has 1 aromatic carbocycles. The first-order valence-electron chi connectivity index (χ1n) is 9.57. The molecule has 0 bridgehead atoms. The number of ether oxygens (including phenoxy) is 1. The van der Waals surface area contributed by atoms with Crippen LogP contribution in [0.25, 0.3) is 0 Å². The molecule has 136 valence electrons. The van der Waals surface area contributed by atoms with Gasteiger partial charge in [0.15, 0.2) is 0 Å². The quantitative estimate of drug-likeness (QED) is 0.732. The first-order chi connectivity index (χ1) is 12.2. The van der Waals surface area contributed by atoms with E-state index in [1.165, 1.54) is 44.1 Å². The molecule has 0 radical (unpaired) electrons. The van der Waals surface area contributed by atoms with E-state index in [2.05, 4.69) is 29.5 Å². The van der Waals surface area contributed by atoms with Crippen molar-refractivity contribution in [3.05, 3.63) is 47.3 Å². The second-order valence-electron chi connectivity index (χ2n) is 7.35. The molecule has 4 nitrogen and oxygen atoms in total. The van der Waals surface area contributed by atoms with E-state index in [1.54, 1.807) is 0 Å². The Morgan fingerprint density at radius 1 is 1.24 bits per heavy atom. The van der Waals surface area contributed by atoms with E-state index in [0.717, 1.165) is 29.7 Å². The SMILES string of the molecule is Cc1cc(COc2ccccc2CNC(C)CC2CCCCC2)no1. The molecule has 1 N–H and O–H groups in total. The summed E-state index contributed by atoms with van der Waals surface area (Å²) in [6, 6.07) is 10.7. The van der Waals surface area contributed by atoms with Gasteiger partial charge in [0.05, 0.1) is 0 Å². The Morgan fingerprint density at radius 2 is 2.04 bits per heavy atom. The Kier molecular flexibility index (Phi) is 6.51. The van der Waals surface area contributed by atoms with Crippen LogP contribution in [-0.2, 0) is 13.2 Å². The Bertz CT molecular complexity index is 647. The summed E-state index contributed by atoms with van der Waals surface area (Å²) >= 11 is 0. The number of aryl methyl sites for hydroxylation is 1. The average molecular weight is 342 g/mol. The van der Waals surface area contributed by atoms with Gasteiger partial charge in [0.1, 0.15) is 23.8 Å². The molecule has 1 unspecified atom stereocenters. The van der Waals surface area contributed by atoms with Gasteiger partial charge in [0, 0.05) is 24.2 Å². The molecule has 1 heterocycles. The topological polar surface area (TPSA) is 47.3 Å². The number of benzene rings is 1. The molecule has 1 aromatic heterocycles. The number of para-hydroxylation sites is 1. The molecule has 0 aliphatic heterocycles. The van der Waals surface area contributed by atoms with Gasteiger partial charge in [0.2, 0.25) is 0 Å². The van der Waals surface area contributed by atoms with Crippen LogP contribution in [0, 0.1) is 12.8 Å². The highest BCUT2D eigenvalue weighted by molar-refractivity contribution is 5.33. The highest BCUT2D eigenvalue weighted by Gasteiger charge is 2.16. The molecular weight excluding hydrogens is 312 g/mol. The lowest BCUT2D eigenvalue weighted by atomic mass is 9.85. The van der Waals surface area contributed by atoms with Crippen molar-refractivity contribution >= 4 is 0 Å². The van der Waals surface area contributed by atoms with Crippen LogP contribution in [0.2, 0.25) is 0 Å². The lowest BCUT2D eigenvalue weighted by Crippen LogP contribution is -2.28. The number of nitrogens with one attached hydrogen (secondary N) is 1. The standard InChI is InChI=1S/C21H30N2O2/c1-16(12-18-8-4-3-5-9-18)22-14-19-10-6-7-11-21(19)24-15-20-13-17(2)25-23-20/h6-7,10-11,13,16,18,22H,3-5,8-9,12,14-15H2,1-2H3. The third kappa shape index (κ3) is 5.60. The summed E-state index contributed by atoms with van der Waals surface area (Å²) in [5.74, 6) is 2.63. The van der Waals surface area contributed by atoms with Gasteiger partial charge in [-0.15, -0.1) is 0 Å². The maximum atomic E-state index is 5.96. The molecule has 3 rings (SSSR count). The van der Waals surface area contributed by atoms with Gasteiger partial charge in [-0.2, -0.15) is 0 Å². The molecule has 0 amide bonds. The number of hydrogen-bond donors (Lipinski definition) is 1. The summed E-state index contributed by atoms with van der Waals surface area (Å²) in [4.78, 5) is 0. The lowest BCUT2D eigenvalue weighted by Gasteiger charge is -2.25. The van der Waals surface area contributed by atoms with Crippen molar-refractivity contribution in [3.8, 4) is 5.75 Å². The summed E-state index contributed by atoms with van der Waals surface area (Å²) in [5.41, 5.74) is 2.02. The van der Waals surface area contributed by atoms with Gasteiger partial charge < -0.3 is 14.6 Å². The largest absolute Gasteiger partial charge is 0.487 e. The van der Waals surface area contributed by atoms with E-state index >= 15 is 0 Å². The maximum Gasteiger partial charge on any atom is 0.134 e. The average Bonchev–Trinajstić information content (AvgIpc) is 3.05. The molecular formula is C21H30N2O2. The molecule has 0 saturated heterocycles. The first-order valence-corrected chi connectivity index (χ1v) is 9.57. The number of aromatic nitrogens is 1. The van der Waals surface area contributed by atoms with Crippen LogP contribution in [0.4, 0.5) is 0 Å². The Morgan fingerprint density at radius 3 is 2.80 bits per heavy atom. The highest BCUT2D eigenvalue weighted by atomic mass is 16.5. The molecule has 1 aliphatic rings. The molecule has 1 atom stereocenters. The number of rotatable bonds is 8. The summed E-state index contributed by atoms with van der Waals surface area (Å²) in [6.45, 7) is 5.46. The van der Waals surface area contributed by atoms with Crippen LogP contribution in [-0.4, -0.2) is 11.2 Å². The molecule has 25 heavy (non-hydrogen) atoms. The van der Waals surface area contributed by atoms with Crippen molar-refractivity contribution in [3.63, 3.8) is 0 Å². The van der Waals surface area contributed by atoms with Gasteiger partial charge >= 0.3 is 0 Å². The maximum absolute atomic E-state index is 5.96. The summed E-state index contributed by atoms with van der Waals surface area (Å²) in [7, 11) is 0. The van der Waals surface area contributed by atoms with Crippen molar-refractivity contribution in [2.24, 2.45) is 5.92 Å². The van der Waals surface area contributed by atoms with Crippen molar-refractivity contribution in [2.45, 2.75) is 71.6 Å². The van der Waals surface area contributed by atoms with Crippen molar-refractivity contribution < 1.29 is 9.26 Å². The molecule has 1 saturated carbocycles. The predicted molar refractivity (Wildman–Crippen MR) is 99.5 cm³/mol. The number of hydrogen-bond acceptors (Lipinski definition) is 4.